The fourth-order valence-corrected chi connectivity index (χ4v) is 7.05. The molecule has 0 radical (unpaired) electrons. The summed E-state index contributed by atoms with van der Waals surface area (Å²) in [5.41, 5.74) is 3.71. The molecule has 0 bridgehead atoms. The number of benzene rings is 1. The zero-order valence-corrected chi connectivity index (χ0v) is 28.0. The number of pyridine rings is 1. The summed E-state index contributed by atoms with van der Waals surface area (Å²) >= 11 is 0. The summed E-state index contributed by atoms with van der Waals surface area (Å²) in [5, 5.41) is 33.7. The molecule has 1 aromatic carbocycles. The second-order valence-electron chi connectivity index (χ2n) is 13.3. The molecule has 1 saturated heterocycles. The van der Waals surface area contributed by atoms with Crippen molar-refractivity contribution < 1.29 is 14.6 Å². The van der Waals surface area contributed by atoms with E-state index in [2.05, 4.69) is 70.7 Å². The number of aromatic nitrogens is 7. The second kappa shape index (κ2) is 13.3. The average Bonchev–Trinajstić information content (AvgIpc) is 3.81. The molecule has 5 heterocycles. The van der Waals surface area contributed by atoms with Gasteiger partial charge < -0.3 is 20.1 Å². The minimum absolute atomic E-state index is 0.0184. The van der Waals surface area contributed by atoms with Crippen molar-refractivity contribution in [3.05, 3.63) is 77.7 Å². The van der Waals surface area contributed by atoms with Gasteiger partial charge in [-0.2, -0.15) is 14.9 Å². The highest BCUT2D eigenvalue weighted by Gasteiger charge is 2.31. The lowest BCUT2D eigenvalue weighted by atomic mass is 9.85. The van der Waals surface area contributed by atoms with Gasteiger partial charge in [-0.15, -0.1) is 10.2 Å². The van der Waals surface area contributed by atoms with Gasteiger partial charge in [-0.25, -0.2) is 4.79 Å². The number of carbonyl (C=O) groups is 1. The molecule has 48 heavy (non-hydrogen) atoms. The standard InChI is InChI=1S/C35H44N10O3/c1-22(2)29-20-33(45(40-29)32-16-17-42(41-32)18-19-46)37-34(47)36-28-13-14-30(27-11-6-5-10-26(27)28)48-25-12-15-31-38-39-35(43(31)21-25)44-23(3)8-7-9-24(44)4/h5-6,10-12,15-17,20-24,28,30,46H,7-9,13-14,18-19H2,1-4H3,(H2,36,37,47). The molecule has 4 atom stereocenters. The Morgan fingerprint density at radius 1 is 1.00 bits per heavy atom. The molecule has 4 unspecified atom stereocenters. The van der Waals surface area contributed by atoms with Gasteiger partial charge in [0.15, 0.2) is 11.5 Å². The molecule has 1 aliphatic heterocycles. The van der Waals surface area contributed by atoms with Crippen LogP contribution < -0.4 is 20.3 Å². The van der Waals surface area contributed by atoms with Gasteiger partial charge in [-0.1, -0.05) is 38.1 Å². The Kier molecular flexibility index (Phi) is 8.78. The van der Waals surface area contributed by atoms with Gasteiger partial charge in [-0.05, 0) is 75.1 Å². The first-order valence-electron chi connectivity index (χ1n) is 17.0. The van der Waals surface area contributed by atoms with E-state index in [1.165, 1.54) is 6.42 Å². The highest BCUT2D eigenvalue weighted by molar-refractivity contribution is 5.89. The fourth-order valence-electron chi connectivity index (χ4n) is 7.05. The van der Waals surface area contributed by atoms with Crippen molar-refractivity contribution in [1.82, 2.24) is 39.5 Å². The van der Waals surface area contributed by atoms with E-state index in [1.807, 2.05) is 47.0 Å². The van der Waals surface area contributed by atoms with Gasteiger partial charge in [0.25, 0.3) is 0 Å². The third kappa shape index (κ3) is 6.21. The first kappa shape index (κ1) is 31.7. The third-order valence-electron chi connectivity index (χ3n) is 9.54. The predicted molar refractivity (Wildman–Crippen MR) is 183 cm³/mol. The molecule has 3 N–H and O–H groups in total. The molecule has 7 rings (SSSR count). The number of piperidine rings is 1. The summed E-state index contributed by atoms with van der Waals surface area (Å²) in [4.78, 5) is 15.8. The number of aliphatic hydroxyl groups excluding tert-OH is 1. The van der Waals surface area contributed by atoms with Crippen LogP contribution in [-0.2, 0) is 6.54 Å². The van der Waals surface area contributed by atoms with Crippen LogP contribution in [0, 0.1) is 0 Å². The van der Waals surface area contributed by atoms with Crippen molar-refractivity contribution >= 4 is 23.4 Å². The first-order chi connectivity index (χ1) is 23.3. The quantitative estimate of drug-likeness (QED) is 0.182. The van der Waals surface area contributed by atoms with Gasteiger partial charge in [-0.3, -0.25) is 14.4 Å². The van der Waals surface area contributed by atoms with Crippen LogP contribution in [0.5, 0.6) is 5.75 Å². The molecular weight excluding hydrogens is 608 g/mol. The van der Waals surface area contributed by atoms with Gasteiger partial charge >= 0.3 is 6.03 Å². The Bertz CT molecular complexity index is 1880. The van der Waals surface area contributed by atoms with Gasteiger partial charge in [0, 0.05) is 30.4 Å². The van der Waals surface area contributed by atoms with E-state index >= 15 is 0 Å². The number of ether oxygens (including phenoxy) is 1. The van der Waals surface area contributed by atoms with Crippen LogP contribution in [0.4, 0.5) is 16.6 Å². The summed E-state index contributed by atoms with van der Waals surface area (Å²) in [6.45, 7) is 8.98. The van der Waals surface area contributed by atoms with Crippen molar-refractivity contribution in [2.24, 2.45) is 0 Å². The van der Waals surface area contributed by atoms with Crippen molar-refractivity contribution in [2.45, 2.75) is 96.5 Å². The van der Waals surface area contributed by atoms with Crippen LogP contribution in [0.3, 0.4) is 0 Å². The van der Waals surface area contributed by atoms with Gasteiger partial charge in [0.2, 0.25) is 5.95 Å². The smallest absolute Gasteiger partial charge is 0.320 e. The molecule has 0 spiro atoms. The maximum Gasteiger partial charge on any atom is 0.320 e. The number of hydrogen-bond acceptors (Lipinski definition) is 8. The number of urea groups is 1. The molecule has 252 valence electrons. The summed E-state index contributed by atoms with van der Waals surface area (Å²) in [6.07, 6.45) is 8.56. The maximum absolute atomic E-state index is 13.5. The van der Waals surface area contributed by atoms with Crippen molar-refractivity contribution in [3.8, 4) is 11.6 Å². The maximum atomic E-state index is 13.5. The largest absolute Gasteiger partial charge is 0.484 e. The summed E-state index contributed by atoms with van der Waals surface area (Å²) in [5.74, 6) is 2.85. The molecule has 5 aromatic rings. The Labute approximate surface area is 279 Å². The monoisotopic (exact) mass is 652 g/mol. The molecule has 4 aromatic heterocycles. The van der Waals surface area contributed by atoms with E-state index in [9.17, 15) is 9.90 Å². The Hall–Kier alpha value is -4.91. The Morgan fingerprint density at radius 3 is 2.56 bits per heavy atom. The number of hydrogen-bond donors (Lipinski definition) is 3. The highest BCUT2D eigenvalue weighted by atomic mass is 16.5. The number of rotatable bonds is 9. The van der Waals surface area contributed by atoms with E-state index < -0.39 is 0 Å². The van der Waals surface area contributed by atoms with Crippen LogP contribution in [0.1, 0.15) is 94.7 Å². The summed E-state index contributed by atoms with van der Waals surface area (Å²) in [7, 11) is 0. The van der Waals surface area contributed by atoms with E-state index in [1.54, 1.807) is 15.6 Å². The molecule has 1 aliphatic carbocycles. The van der Waals surface area contributed by atoms with Crippen molar-refractivity contribution in [3.63, 3.8) is 0 Å². The number of amides is 2. The zero-order chi connectivity index (χ0) is 33.4. The number of carbonyl (C=O) groups excluding carboxylic acids is 1. The van der Waals surface area contributed by atoms with Crippen LogP contribution in [0.25, 0.3) is 11.5 Å². The van der Waals surface area contributed by atoms with E-state index in [0.29, 0.717) is 36.7 Å². The first-order valence-corrected chi connectivity index (χ1v) is 17.0. The molecule has 13 heteroatoms. The number of nitrogens with zero attached hydrogens (tertiary/aromatic N) is 8. The molecule has 2 amide bonds. The number of nitrogens with one attached hydrogen (secondary N) is 2. The Morgan fingerprint density at radius 2 is 1.79 bits per heavy atom. The molecule has 0 saturated carbocycles. The van der Waals surface area contributed by atoms with Crippen LogP contribution in [0.15, 0.2) is 60.9 Å². The third-order valence-corrected chi connectivity index (χ3v) is 9.54. The molecule has 2 aliphatic rings. The van der Waals surface area contributed by atoms with Crippen molar-refractivity contribution in [1.29, 1.82) is 0 Å². The fraction of sp³-hybridized carbons (Fsp3) is 0.457. The number of aliphatic hydroxyl groups is 1. The lowest BCUT2D eigenvalue weighted by Gasteiger charge is -2.39. The normalized spacial score (nSPS) is 21.0. The molecule has 1 fully saturated rings. The topological polar surface area (TPSA) is 140 Å². The summed E-state index contributed by atoms with van der Waals surface area (Å²) < 4.78 is 12.0. The predicted octanol–water partition coefficient (Wildman–Crippen LogP) is 5.77. The second-order valence-corrected chi connectivity index (χ2v) is 13.3. The minimum Gasteiger partial charge on any atom is -0.484 e. The lowest BCUT2D eigenvalue weighted by molar-refractivity contribution is 0.171. The van der Waals surface area contributed by atoms with Crippen LogP contribution in [-0.4, -0.2) is 64.0 Å². The van der Waals surface area contributed by atoms with E-state index in [-0.39, 0.29) is 30.7 Å². The van der Waals surface area contributed by atoms with Gasteiger partial charge in [0.05, 0.1) is 31.1 Å². The number of fused-ring (bicyclic) bond motifs is 2. The Balaban J connectivity index is 1.08. The molecular formula is C35H44N10O3. The SMILES string of the molecule is CC(C)c1cc(NC(=O)NC2CCC(Oc3ccc4nnc(N5C(C)CCCC5C)n4c3)c3ccccc32)n(-c2ccn(CCO)n2)n1. The minimum atomic E-state index is -0.327. The van der Waals surface area contributed by atoms with E-state index in [4.69, 9.17) is 9.84 Å². The lowest BCUT2D eigenvalue weighted by Crippen LogP contribution is -2.44. The van der Waals surface area contributed by atoms with Gasteiger partial charge in [0.1, 0.15) is 17.7 Å². The summed E-state index contributed by atoms with van der Waals surface area (Å²) in [6, 6.07) is 16.0. The highest BCUT2D eigenvalue weighted by Crippen LogP contribution is 2.39. The molecule has 13 nitrogen and oxygen atoms in total. The zero-order valence-electron chi connectivity index (χ0n) is 28.0. The van der Waals surface area contributed by atoms with Crippen molar-refractivity contribution in [2.75, 3.05) is 16.8 Å². The van der Waals surface area contributed by atoms with E-state index in [0.717, 1.165) is 53.4 Å². The number of anilines is 2. The average molecular weight is 653 g/mol. The van der Waals surface area contributed by atoms with Crippen LogP contribution >= 0.6 is 0 Å². The van der Waals surface area contributed by atoms with Crippen LogP contribution in [0.2, 0.25) is 0 Å².